The minimum Gasteiger partial charge on any atom is -0.457 e. The van der Waals surface area contributed by atoms with Gasteiger partial charge in [0.1, 0.15) is 17.2 Å². The van der Waals surface area contributed by atoms with Crippen molar-refractivity contribution in [2.75, 3.05) is 0 Å². The molecule has 0 bridgehead atoms. The van der Waals surface area contributed by atoms with Crippen molar-refractivity contribution in [1.29, 1.82) is 0 Å². The second kappa shape index (κ2) is 8.77. The number of carbonyl (C=O) groups excluding carboxylic acids is 2. The number of rotatable bonds is 6. The molecule has 29 heavy (non-hydrogen) atoms. The molecule has 0 radical (unpaired) electrons. The van der Waals surface area contributed by atoms with Crippen LogP contribution in [0.3, 0.4) is 0 Å². The third kappa shape index (κ3) is 5.66. The lowest BCUT2D eigenvalue weighted by atomic mass is 9.98. The highest BCUT2D eigenvalue weighted by Gasteiger charge is 2.31. The molecule has 0 spiro atoms. The lowest BCUT2D eigenvalue weighted by Gasteiger charge is -2.19. The number of hydrogen-bond donors (Lipinski definition) is 1. The van der Waals surface area contributed by atoms with Crippen molar-refractivity contribution in [3.8, 4) is 17.2 Å². The Kier molecular flexibility index (Phi) is 6.36. The van der Waals surface area contributed by atoms with Crippen LogP contribution in [0.25, 0.3) is 0 Å². The Labute approximate surface area is 169 Å². The summed E-state index contributed by atoms with van der Waals surface area (Å²) in [5.74, 6) is 0.545. The molecule has 0 saturated heterocycles. The number of fused-ring (bicyclic) bond motifs is 1. The normalized spacial score (nSPS) is 16.6. The highest BCUT2D eigenvalue weighted by Crippen LogP contribution is 2.42. The van der Waals surface area contributed by atoms with Crippen molar-refractivity contribution in [1.82, 2.24) is 5.32 Å². The van der Waals surface area contributed by atoms with E-state index in [0.717, 1.165) is 35.7 Å². The fraction of sp³-hybridized carbons (Fsp3) is 0.300. The van der Waals surface area contributed by atoms with Crippen molar-refractivity contribution >= 4 is 23.4 Å². The standard InChI is InChI=1S/C20H18F3NO4S/c1-12(29-19(26)24-11-25)17-7-5-13-9-15(6-8-18(13)17)27-14-3-2-4-16(10-14)28-20(21,22)23/h2-4,6,8-12,17H,5,7H2,1H3,(H,24,25,26). The van der Waals surface area contributed by atoms with E-state index in [4.69, 9.17) is 4.74 Å². The molecule has 0 aliphatic heterocycles. The van der Waals surface area contributed by atoms with Crippen molar-refractivity contribution < 1.29 is 32.2 Å². The molecular formula is C20H18F3NO4S. The van der Waals surface area contributed by atoms with Gasteiger partial charge in [-0.3, -0.25) is 14.9 Å². The van der Waals surface area contributed by atoms with Crippen LogP contribution in [0.4, 0.5) is 18.0 Å². The van der Waals surface area contributed by atoms with Gasteiger partial charge < -0.3 is 9.47 Å². The third-order valence-corrected chi connectivity index (χ3v) is 5.58. The Morgan fingerprint density at radius 3 is 2.66 bits per heavy atom. The van der Waals surface area contributed by atoms with Gasteiger partial charge in [0.15, 0.2) is 0 Å². The number of alkyl halides is 3. The quantitative estimate of drug-likeness (QED) is 0.629. The molecule has 9 heteroatoms. The summed E-state index contributed by atoms with van der Waals surface area (Å²) in [6, 6.07) is 10.9. The first-order valence-corrected chi connectivity index (χ1v) is 9.70. The van der Waals surface area contributed by atoms with Gasteiger partial charge in [-0.25, -0.2) is 0 Å². The summed E-state index contributed by atoms with van der Waals surface area (Å²) in [5, 5.41) is 1.72. The zero-order valence-electron chi connectivity index (χ0n) is 15.4. The Morgan fingerprint density at radius 1 is 1.21 bits per heavy atom. The predicted molar refractivity (Wildman–Crippen MR) is 102 cm³/mol. The maximum Gasteiger partial charge on any atom is 0.573 e. The van der Waals surface area contributed by atoms with Crippen LogP contribution in [0.2, 0.25) is 0 Å². The molecule has 1 aliphatic rings. The van der Waals surface area contributed by atoms with Gasteiger partial charge in [-0.15, -0.1) is 13.2 Å². The van der Waals surface area contributed by atoms with Crippen LogP contribution in [-0.4, -0.2) is 23.3 Å². The molecule has 0 fully saturated rings. The van der Waals surface area contributed by atoms with E-state index in [2.05, 4.69) is 10.1 Å². The highest BCUT2D eigenvalue weighted by molar-refractivity contribution is 8.14. The topological polar surface area (TPSA) is 64.6 Å². The number of aryl methyl sites for hydroxylation is 1. The Bertz CT molecular complexity index is 904. The van der Waals surface area contributed by atoms with Crippen molar-refractivity contribution in [3.05, 3.63) is 53.6 Å². The highest BCUT2D eigenvalue weighted by atomic mass is 32.2. The zero-order chi connectivity index (χ0) is 21.0. The van der Waals surface area contributed by atoms with E-state index in [1.165, 1.54) is 18.2 Å². The van der Waals surface area contributed by atoms with Crippen LogP contribution < -0.4 is 14.8 Å². The first-order chi connectivity index (χ1) is 13.7. The summed E-state index contributed by atoms with van der Waals surface area (Å²) in [6.07, 6.45) is -2.74. The van der Waals surface area contributed by atoms with Gasteiger partial charge in [0, 0.05) is 11.3 Å². The summed E-state index contributed by atoms with van der Waals surface area (Å²) in [7, 11) is 0. The molecule has 1 N–H and O–H groups in total. The van der Waals surface area contributed by atoms with Gasteiger partial charge in [0.25, 0.3) is 5.24 Å². The average molecular weight is 425 g/mol. The van der Waals surface area contributed by atoms with Crippen molar-refractivity contribution in [2.24, 2.45) is 0 Å². The van der Waals surface area contributed by atoms with Crippen LogP contribution in [0.1, 0.15) is 30.4 Å². The summed E-state index contributed by atoms with van der Waals surface area (Å²) in [4.78, 5) is 22.0. The van der Waals surface area contributed by atoms with Crippen LogP contribution in [0, 0.1) is 0 Å². The van der Waals surface area contributed by atoms with Crippen molar-refractivity contribution in [2.45, 2.75) is 37.3 Å². The Hall–Kier alpha value is -2.68. The Balaban J connectivity index is 1.70. The predicted octanol–water partition coefficient (Wildman–Crippen LogP) is 5.40. The zero-order valence-corrected chi connectivity index (χ0v) is 16.2. The van der Waals surface area contributed by atoms with Gasteiger partial charge in [-0.05, 0) is 54.2 Å². The van der Waals surface area contributed by atoms with Gasteiger partial charge in [-0.2, -0.15) is 0 Å². The fourth-order valence-corrected chi connectivity index (χ4v) is 4.28. The minimum atomic E-state index is -4.77. The number of amides is 2. The number of ether oxygens (including phenoxy) is 2. The number of imide groups is 1. The molecule has 2 atom stereocenters. The smallest absolute Gasteiger partial charge is 0.457 e. The largest absolute Gasteiger partial charge is 0.573 e. The molecule has 5 nitrogen and oxygen atoms in total. The maximum absolute atomic E-state index is 12.4. The lowest BCUT2D eigenvalue weighted by Crippen LogP contribution is -2.20. The van der Waals surface area contributed by atoms with E-state index in [1.807, 2.05) is 19.1 Å². The molecule has 2 aromatic carbocycles. The van der Waals surface area contributed by atoms with Crippen LogP contribution in [0.5, 0.6) is 17.2 Å². The summed E-state index contributed by atoms with van der Waals surface area (Å²) < 4.78 is 46.7. The molecule has 154 valence electrons. The SMILES string of the molecule is CC(SC(=O)NC=O)C1CCc2cc(Oc3cccc(OC(F)(F)F)c3)ccc21. The van der Waals surface area contributed by atoms with Crippen LogP contribution in [0.15, 0.2) is 42.5 Å². The van der Waals surface area contributed by atoms with E-state index in [1.54, 1.807) is 12.1 Å². The first-order valence-electron chi connectivity index (χ1n) is 8.82. The van der Waals surface area contributed by atoms with Crippen molar-refractivity contribution in [3.63, 3.8) is 0 Å². The minimum absolute atomic E-state index is 0.0147. The molecule has 0 heterocycles. The molecule has 2 unspecified atom stereocenters. The number of carbonyl (C=O) groups is 2. The van der Waals surface area contributed by atoms with E-state index in [9.17, 15) is 22.8 Å². The molecule has 0 aromatic heterocycles. The van der Waals surface area contributed by atoms with E-state index in [0.29, 0.717) is 12.2 Å². The number of halogens is 3. The van der Waals surface area contributed by atoms with Crippen LogP contribution >= 0.6 is 11.8 Å². The van der Waals surface area contributed by atoms with Crippen LogP contribution in [-0.2, 0) is 11.2 Å². The number of thioether (sulfide) groups is 1. The summed E-state index contributed by atoms with van der Waals surface area (Å²) in [5.41, 5.74) is 2.17. The third-order valence-electron chi connectivity index (χ3n) is 4.55. The molecule has 2 amide bonds. The van der Waals surface area contributed by atoms with Gasteiger partial charge in [-0.1, -0.05) is 30.8 Å². The second-order valence-electron chi connectivity index (χ2n) is 6.50. The molecule has 1 aliphatic carbocycles. The molecular weight excluding hydrogens is 407 g/mol. The number of benzene rings is 2. The lowest BCUT2D eigenvalue weighted by molar-refractivity contribution is -0.274. The molecule has 3 rings (SSSR count). The monoisotopic (exact) mass is 425 g/mol. The second-order valence-corrected chi connectivity index (χ2v) is 7.85. The average Bonchev–Trinajstić information content (AvgIpc) is 3.04. The number of nitrogens with one attached hydrogen (secondary N) is 1. The first kappa shape index (κ1) is 21.0. The van der Waals surface area contributed by atoms with E-state index < -0.39 is 6.36 Å². The molecule has 0 saturated carbocycles. The van der Waals surface area contributed by atoms with Gasteiger partial charge in [0.2, 0.25) is 6.41 Å². The molecule has 2 aromatic rings. The van der Waals surface area contributed by atoms with E-state index in [-0.39, 0.29) is 27.9 Å². The van der Waals surface area contributed by atoms with Gasteiger partial charge >= 0.3 is 6.36 Å². The fourth-order valence-electron chi connectivity index (χ4n) is 3.38. The summed E-state index contributed by atoms with van der Waals surface area (Å²) >= 11 is 1.08. The van der Waals surface area contributed by atoms with E-state index >= 15 is 0 Å². The Morgan fingerprint density at radius 2 is 1.93 bits per heavy atom. The number of hydrogen-bond acceptors (Lipinski definition) is 5. The summed E-state index contributed by atoms with van der Waals surface area (Å²) in [6.45, 7) is 1.94. The van der Waals surface area contributed by atoms with Gasteiger partial charge in [0.05, 0.1) is 0 Å². The maximum atomic E-state index is 12.4.